The summed E-state index contributed by atoms with van der Waals surface area (Å²) in [6.45, 7) is 7.92. The highest BCUT2D eigenvalue weighted by molar-refractivity contribution is 5.80. The van der Waals surface area contributed by atoms with E-state index in [1.807, 2.05) is 0 Å². The summed E-state index contributed by atoms with van der Waals surface area (Å²) in [7, 11) is 0. The van der Waals surface area contributed by atoms with Gasteiger partial charge in [0.05, 0.1) is 0 Å². The third kappa shape index (κ3) is 4.67. The molecule has 1 aliphatic rings. The molecule has 4 heteroatoms. The van der Waals surface area contributed by atoms with E-state index >= 15 is 0 Å². The molecule has 0 radical (unpaired) electrons. The van der Waals surface area contributed by atoms with Crippen molar-refractivity contribution >= 4 is 11.9 Å². The third-order valence-corrected chi connectivity index (χ3v) is 3.73. The lowest BCUT2D eigenvalue weighted by atomic mass is 9.75. The van der Waals surface area contributed by atoms with Crippen LogP contribution in [0.2, 0.25) is 0 Å². The fraction of sp³-hybridized carbons (Fsp3) is 0.857. The molecule has 0 spiro atoms. The highest BCUT2D eigenvalue weighted by Gasteiger charge is 2.33. The highest BCUT2D eigenvalue weighted by Crippen LogP contribution is 2.35. The minimum absolute atomic E-state index is 0.00927. The summed E-state index contributed by atoms with van der Waals surface area (Å²) in [4.78, 5) is 22.4. The lowest BCUT2D eigenvalue weighted by Crippen LogP contribution is -2.38. The Morgan fingerprint density at radius 3 is 2.56 bits per heavy atom. The van der Waals surface area contributed by atoms with Crippen LogP contribution in [0.5, 0.6) is 0 Å². The molecule has 0 aliphatic heterocycles. The van der Waals surface area contributed by atoms with Gasteiger partial charge in [-0.25, -0.2) is 0 Å². The summed E-state index contributed by atoms with van der Waals surface area (Å²) in [5.41, 5.74) is 0. The van der Waals surface area contributed by atoms with Crippen LogP contribution in [0, 0.1) is 17.8 Å². The number of hydrogen-bond acceptors (Lipinski definition) is 3. The Kier molecular flexibility index (Phi) is 5.63. The second kappa shape index (κ2) is 6.76. The van der Waals surface area contributed by atoms with Gasteiger partial charge in [0.1, 0.15) is 12.6 Å². The molecule has 0 bridgehead atoms. The predicted octanol–water partition coefficient (Wildman–Crippen LogP) is 2.13. The van der Waals surface area contributed by atoms with E-state index < -0.39 is 0 Å². The Hall–Kier alpha value is -1.06. The van der Waals surface area contributed by atoms with Crippen molar-refractivity contribution < 1.29 is 14.3 Å². The lowest BCUT2D eigenvalue weighted by Gasteiger charge is -2.36. The molecule has 1 rings (SSSR count). The van der Waals surface area contributed by atoms with Gasteiger partial charge in [-0.15, -0.1) is 0 Å². The molecule has 0 aromatic heterocycles. The number of rotatable bonds is 4. The van der Waals surface area contributed by atoms with E-state index in [1.165, 1.54) is 13.3 Å². The Morgan fingerprint density at radius 2 is 2.00 bits per heavy atom. The summed E-state index contributed by atoms with van der Waals surface area (Å²) in [5.74, 6) is 1.05. The molecule has 1 saturated carbocycles. The van der Waals surface area contributed by atoms with E-state index in [2.05, 4.69) is 26.1 Å². The van der Waals surface area contributed by atoms with Crippen LogP contribution in [0.1, 0.15) is 47.0 Å². The number of esters is 1. The van der Waals surface area contributed by atoms with Gasteiger partial charge in [-0.1, -0.05) is 27.2 Å². The minimum Gasteiger partial charge on any atom is -0.461 e. The monoisotopic (exact) mass is 255 g/mol. The van der Waals surface area contributed by atoms with Gasteiger partial charge in [0.15, 0.2) is 0 Å². The third-order valence-electron chi connectivity index (χ3n) is 3.73. The number of amides is 1. The maximum atomic E-state index is 11.7. The summed E-state index contributed by atoms with van der Waals surface area (Å²) in [5, 5.41) is 2.48. The van der Waals surface area contributed by atoms with Crippen molar-refractivity contribution in [3.05, 3.63) is 0 Å². The standard InChI is InChI=1S/C14H25NO3/c1-9(2)12-6-5-10(3)7-13(12)18-14(17)8-15-11(4)16/h9-10,12-13H,5-8H2,1-4H3,(H,15,16)/t10-,12+,13-/m1/s1. The molecule has 1 fully saturated rings. The van der Waals surface area contributed by atoms with Crippen molar-refractivity contribution in [1.82, 2.24) is 5.32 Å². The van der Waals surface area contributed by atoms with Gasteiger partial charge < -0.3 is 10.1 Å². The van der Waals surface area contributed by atoms with Crippen LogP contribution < -0.4 is 5.32 Å². The molecule has 0 unspecified atom stereocenters. The Labute approximate surface area is 109 Å². The van der Waals surface area contributed by atoms with Crippen LogP contribution in [0.25, 0.3) is 0 Å². The SMILES string of the molecule is CC(=O)NCC(=O)O[C@@H]1C[C@H](C)CC[C@H]1C(C)C. The smallest absolute Gasteiger partial charge is 0.325 e. The molecule has 0 aromatic rings. The van der Waals surface area contributed by atoms with Gasteiger partial charge >= 0.3 is 5.97 Å². The molecule has 0 saturated heterocycles. The molecule has 104 valence electrons. The summed E-state index contributed by atoms with van der Waals surface area (Å²) >= 11 is 0. The van der Waals surface area contributed by atoms with E-state index in [-0.39, 0.29) is 24.5 Å². The quantitative estimate of drug-likeness (QED) is 0.783. The van der Waals surface area contributed by atoms with Crippen LogP contribution in [-0.4, -0.2) is 24.5 Å². The fourth-order valence-corrected chi connectivity index (χ4v) is 2.66. The van der Waals surface area contributed by atoms with Crippen molar-refractivity contribution in [1.29, 1.82) is 0 Å². The normalized spacial score (nSPS) is 27.9. The van der Waals surface area contributed by atoms with Crippen molar-refractivity contribution in [2.45, 2.75) is 53.1 Å². The fourth-order valence-electron chi connectivity index (χ4n) is 2.66. The average Bonchev–Trinajstić information content (AvgIpc) is 2.26. The zero-order chi connectivity index (χ0) is 13.7. The maximum Gasteiger partial charge on any atom is 0.325 e. The van der Waals surface area contributed by atoms with Gasteiger partial charge in [0.2, 0.25) is 5.91 Å². The molecule has 0 aromatic carbocycles. The van der Waals surface area contributed by atoms with Crippen molar-refractivity contribution in [2.75, 3.05) is 6.54 Å². The maximum absolute atomic E-state index is 11.7. The Morgan fingerprint density at radius 1 is 1.33 bits per heavy atom. The number of carbonyl (C=O) groups is 2. The summed E-state index contributed by atoms with van der Waals surface area (Å²) < 4.78 is 5.53. The molecule has 3 atom stereocenters. The molecular formula is C14H25NO3. The van der Waals surface area contributed by atoms with Gasteiger partial charge in [-0.05, 0) is 30.6 Å². The molecule has 4 nitrogen and oxygen atoms in total. The van der Waals surface area contributed by atoms with Crippen LogP contribution in [-0.2, 0) is 14.3 Å². The zero-order valence-corrected chi connectivity index (χ0v) is 11.9. The topological polar surface area (TPSA) is 55.4 Å². The second-order valence-corrected chi connectivity index (χ2v) is 5.76. The molecule has 0 heterocycles. The number of ether oxygens (including phenoxy) is 1. The predicted molar refractivity (Wildman–Crippen MR) is 69.9 cm³/mol. The molecule has 1 amide bonds. The first-order valence-corrected chi connectivity index (χ1v) is 6.84. The first kappa shape index (κ1) is 15.0. The van der Waals surface area contributed by atoms with Crippen LogP contribution >= 0.6 is 0 Å². The first-order chi connectivity index (χ1) is 8.40. The van der Waals surface area contributed by atoms with Gasteiger partial charge in [-0.2, -0.15) is 0 Å². The van der Waals surface area contributed by atoms with Crippen LogP contribution in [0.4, 0.5) is 0 Å². The van der Waals surface area contributed by atoms with E-state index in [1.54, 1.807) is 0 Å². The zero-order valence-electron chi connectivity index (χ0n) is 11.9. The van der Waals surface area contributed by atoms with Gasteiger partial charge in [0, 0.05) is 6.92 Å². The van der Waals surface area contributed by atoms with Crippen molar-refractivity contribution in [3.8, 4) is 0 Å². The molecule has 1 N–H and O–H groups in total. The van der Waals surface area contributed by atoms with Crippen molar-refractivity contribution in [2.24, 2.45) is 17.8 Å². The lowest BCUT2D eigenvalue weighted by molar-refractivity contribution is -0.155. The average molecular weight is 255 g/mol. The second-order valence-electron chi connectivity index (χ2n) is 5.76. The van der Waals surface area contributed by atoms with Crippen LogP contribution in [0.3, 0.4) is 0 Å². The summed E-state index contributed by atoms with van der Waals surface area (Å²) in [6.07, 6.45) is 3.28. The molecule has 1 aliphatic carbocycles. The van der Waals surface area contributed by atoms with Gasteiger partial charge in [-0.3, -0.25) is 9.59 Å². The minimum atomic E-state index is -0.324. The van der Waals surface area contributed by atoms with E-state index in [9.17, 15) is 9.59 Å². The van der Waals surface area contributed by atoms with Gasteiger partial charge in [0.25, 0.3) is 0 Å². The van der Waals surface area contributed by atoms with E-state index in [4.69, 9.17) is 4.74 Å². The number of nitrogens with one attached hydrogen (secondary N) is 1. The number of hydrogen-bond donors (Lipinski definition) is 1. The van der Waals surface area contributed by atoms with E-state index in [0.29, 0.717) is 17.8 Å². The Balaban J connectivity index is 2.49. The Bertz CT molecular complexity index is 301. The first-order valence-electron chi connectivity index (χ1n) is 6.84. The van der Waals surface area contributed by atoms with Crippen molar-refractivity contribution in [3.63, 3.8) is 0 Å². The molecule has 18 heavy (non-hydrogen) atoms. The largest absolute Gasteiger partial charge is 0.461 e. The van der Waals surface area contributed by atoms with E-state index in [0.717, 1.165) is 12.8 Å². The summed E-state index contributed by atoms with van der Waals surface area (Å²) in [6, 6.07) is 0. The molecular weight excluding hydrogens is 230 g/mol. The van der Waals surface area contributed by atoms with Crippen LogP contribution in [0.15, 0.2) is 0 Å². The number of carbonyl (C=O) groups excluding carboxylic acids is 2. The highest BCUT2D eigenvalue weighted by atomic mass is 16.5.